The molecule has 1 aliphatic rings. The zero-order chi connectivity index (χ0) is 8.10. The Hall–Kier alpha value is 0.310. The Labute approximate surface area is 74.3 Å². The number of thioether (sulfide) groups is 1. The van der Waals surface area contributed by atoms with E-state index in [1.54, 1.807) is 0 Å². The molecule has 0 aliphatic carbocycles. The summed E-state index contributed by atoms with van der Waals surface area (Å²) in [6.45, 7) is 7.08. The second kappa shape index (κ2) is 5.04. The molecule has 1 N–H and O–H groups in total. The minimum absolute atomic E-state index is 0.856. The molecule has 1 nitrogen and oxygen atoms in total. The van der Waals surface area contributed by atoms with Gasteiger partial charge in [-0.3, -0.25) is 0 Å². The number of hydrogen-bond donors (Lipinski definition) is 1. The summed E-state index contributed by atoms with van der Waals surface area (Å²) in [6, 6.07) is 0. The molecule has 1 saturated heterocycles. The first-order chi connectivity index (χ1) is 5.29. The third-order valence-corrected chi connectivity index (χ3v) is 3.58. The summed E-state index contributed by atoms with van der Waals surface area (Å²) in [6.07, 6.45) is 1.39. The van der Waals surface area contributed by atoms with E-state index in [2.05, 4.69) is 30.9 Å². The van der Waals surface area contributed by atoms with Gasteiger partial charge in [0.15, 0.2) is 0 Å². The van der Waals surface area contributed by atoms with Gasteiger partial charge >= 0.3 is 0 Å². The van der Waals surface area contributed by atoms with Gasteiger partial charge < -0.3 is 5.32 Å². The monoisotopic (exact) mass is 173 g/mol. The van der Waals surface area contributed by atoms with Crippen molar-refractivity contribution < 1.29 is 0 Å². The van der Waals surface area contributed by atoms with Crippen molar-refractivity contribution in [1.29, 1.82) is 0 Å². The van der Waals surface area contributed by atoms with Gasteiger partial charge in [0.1, 0.15) is 0 Å². The van der Waals surface area contributed by atoms with Crippen molar-refractivity contribution in [2.45, 2.75) is 20.3 Å². The quantitative estimate of drug-likeness (QED) is 0.698. The number of hydrogen-bond acceptors (Lipinski definition) is 2. The molecule has 1 atom stereocenters. The van der Waals surface area contributed by atoms with Crippen LogP contribution in [0.15, 0.2) is 0 Å². The summed E-state index contributed by atoms with van der Waals surface area (Å²) < 4.78 is 0. The van der Waals surface area contributed by atoms with Gasteiger partial charge in [-0.05, 0) is 42.9 Å². The van der Waals surface area contributed by atoms with Gasteiger partial charge in [-0.2, -0.15) is 11.8 Å². The van der Waals surface area contributed by atoms with Crippen LogP contribution in [0.25, 0.3) is 0 Å². The van der Waals surface area contributed by atoms with Gasteiger partial charge in [0, 0.05) is 0 Å². The maximum atomic E-state index is 3.40. The Morgan fingerprint density at radius 1 is 1.55 bits per heavy atom. The van der Waals surface area contributed by atoms with Crippen LogP contribution in [0.3, 0.4) is 0 Å². The highest BCUT2D eigenvalue weighted by Crippen LogP contribution is 2.16. The molecule has 1 heterocycles. The van der Waals surface area contributed by atoms with Gasteiger partial charge in [-0.15, -0.1) is 0 Å². The van der Waals surface area contributed by atoms with E-state index in [0.717, 1.165) is 11.8 Å². The summed E-state index contributed by atoms with van der Waals surface area (Å²) in [5, 5.41) is 3.40. The van der Waals surface area contributed by atoms with E-state index in [-0.39, 0.29) is 0 Å². The molecule has 1 aliphatic heterocycles. The summed E-state index contributed by atoms with van der Waals surface area (Å²) >= 11 is 2.12. The fraction of sp³-hybridized carbons (Fsp3) is 1.00. The first kappa shape index (κ1) is 9.40. The molecule has 1 rings (SSSR count). The van der Waals surface area contributed by atoms with Crippen LogP contribution in [0.2, 0.25) is 0 Å². The van der Waals surface area contributed by atoms with Crippen molar-refractivity contribution in [2.75, 3.05) is 24.6 Å². The van der Waals surface area contributed by atoms with Gasteiger partial charge in [-0.1, -0.05) is 13.8 Å². The van der Waals surface area contributed by atoms with Crippen LogP contribution < -0.4 is 5.32 Å². The molecule has 0 amide bonds. The molecule has 1 fully saturated rings. The fourth-order valence-electron chi connectivity index (χ4n) is 1.33. The maximum absolute atomic E-state index is 3.40. The molecule has 0 aromatic heterocycles. The van der Waals surface area contributed by atoms with Gasteiger partial charge in [0.25, 0.3) is 0 Å². The number of rotatable bonds is 4. The highest BCUT2D eigenvalue weighted by molar-refractivity contribution is 7.99. The second-order valence-electron chi connectivity index (χ2n) is 3.79. The van der Waals surface area contributed by atoms with Crippen molar-refractivity contribution in [3.8, 4) is 0 Å². The van der Waals surface area contributed by atoms with E-state index in [4.69, 9.17) is 0 Å². The second-order valence-corrected chi connectivity index (χ2v) is 4.87. The Kier molecular flexibility index (Phi) is 4.31. The van der Waals surface area contributed by atoms with Gasteiger partial charge in [-0.25, -0.2) is 0 Å². The van der Waals surface area contributed by atoms with Crippen LogP contribution in [0.1, 0.15) is 20.3 Å². The number of nitrogens with one attached hydrogen (secondary N) is 1. The SMILES string of the molecule is CC(C)CSCC1CCNC1. The van der Waals surface area contributed by atoms with Crippen LogP contribution in [0, 0.1) is 11.8 Å². The molecule has 0 aromatic carbocycles. The molecule has 0 spiro atoms. The van der Waals surface area contributed by atoms with Gasteiger partial charge in [0.05, 0.1) is 0 Å². The average Bonchev–Trinajstić information content (AvgIpc) is 2.39. The predicted octanol–water partition coefficient (Wildman–Crippen LogP) is 1.99. The molecule has 0 radical (unpaired) electrons. The van der Waals surface area contributed by atoms with Crippen molar-refractivity contribution in [2.24, 2.45) is 11.8 Å². The Bertz CT molecular complexity index is 97.7. The topological polar surface area (TPSA) is 12.0 Å². The Morgan fingerprint density at radius 3 is 2.91 bits per heavy atom. The minimum Gasteiger partial charge on any atom is -0.316 e. The molecule has 66 valence electrons. The fourth-order valence-corrected chi connectivity index (χ4v) is 2.55. The van der Waals surface area contributed by atoms with E-state index in [0.29, 0.717) is 0 Å². The van der Waals surface area contributed by atoms with Crippen LogP contribution in [0.5, 0.6) is 0 Å². The first-order valence-corrected chi connectivity index (χ1v) is 5.73. The molecule has 0 bridgehead atoms. The summed E-state index contributed by atoms with van der Waals surface area (Å²) in [7, 11) is 0. The zero-order valence-electron chi connectivity index (χ0n) is 7.60. The third kappa shape index (κ3) is 4.02. The molecule has 11 heavy (non-hydrogen) atoms. The van der Waals surface area contributed by atoms with E-state index in [1.165, 1.54) is 31.0 Å². The Balaban J connectivity index is 1.94. The lowest BCUT2D eigenvalue weighted by atomic mass is 10.2. The van der Waals surface area contributed by atoms with Gasteiger partial charge in [0.2, 0.25) is 0 Å². The van der Waals surface area contributed by atoms with Crippen molar-refractivity contribution in [1.82, 2.24) is 5.32 Å². The normalized spacial score (nSPS) is 24.8. The molecule has 0 aromatic rings. The molecular formula is C9H19NS. The average molecular weight is 173 g/mol. The van der Waals surface area contributed by atoms with E-state index in [1.807, 2.05) is 0 Å². The standard InChI is InChI=1S/C9H19NS/c1-8(2)6-11-7-9-3-4-10-5-9/h8-10H,3-7H2,1-2H3. The van der Waals surface area contributed by atoms with Crippen molar-refractivity contribution >= 4 is 11.8 Å². The molecule has 1 unspecified atom stereocenters. The first-order valence-electron chi connectivity index (χ1n) is 4.57. The summed E-state index contributed by atoms with van der Waals surface area (Å²) in [5.41, 5.74) is 0. The summed E-state index contributed by atoms with van der Waals surface area (Å²) in [5.74, 6) is 4.51. The highest BCUT2D eigenvalue weighted by atomic mass is 32.2. The van der Waals surface area contributed by atoms with Crippen LogP contribution in [0.4, 0.5) is 0 Å². The van der Waals surface area contributed by atoms with Crippen LogP contribution in [-0.2, 0) is 0 Å². The van der Waals surface area contributed by atoms with E-state index >= 15 is 0 Å². The molecule has 2 heteroatoms. The minimum atomic E-state index is 0.856. The van der Waals surface area contributed by atoms with Crippen molar-refractivity contribution in [3.05, 3.63) is 0 Å². The highest BCUT2D eigenvalue weighted by Gasteiger charge is 2.13. The van der Waals surface area contributed by atoms with E-state index < -0.39 is 0 Å². The smallest absolute Gasteiger partial charge is 0.00121 e. The lowest BCUT2D eigenvalue weighted by Crippen LogP contribution is -2.11. The summed E-state index contributed by atoms with van der Waals surface area (Å²) in [4.78, 5) is 0. The predicted molar refractivity (Wildman–Crippen MR) is 53.1 cm³/mol. The maximum Gasteiger partial charge on any atom is -0.00121 e. The van der Waals surface area contributed by atoms with Crippen LogP contribution >= 0.6 is 11.8 Å². The largest absolute Gasteiger partial charge is 0.316 e. The van der Waals surface area contributed by atoms with E-state index in [9.17, 15) is 0 Å². The third-order valence-electron chi connectivity index (χ3n) is 1.97. The zero-order valence-corrected chi connectivity index (χ0v) is 8.41. The lowest BCUT2D eigenvalue weighted by molar-refractivity contribution is 0.659. The Morgan fingerprint density at radius 2 is 2.36 bits per heavy atom. The van der Waals surface area contributed by atoms with Crippen molar-refractivity contribution in [3.63, 3.8) is 0 Å². The lowest BCUT2D eigenvalue weighted by Gasteiger charge is -2.08. The molecule has 0 saturated carbocycles. The van der Waals surface area contributed by atoms with Crippen LogP contribution in [-0.4, -0.2) is 24.6 Å². The molecular weight excluding hydrogens is 154 g/mol.